The molecule has 1 aliphatic rings. The van der Waals surface area contributed by atoms with E-state index >= 15 is 0 Å². The van der Waals surface area contributed by atoms with Crippen molar-refractivity contribution in [2.24, 2.45) is 0 Å². The molecule has 4 rings (SSSR count). The second kappa shape index (κ2) is 7.64. The van der Waals surface area contributed by atoms with Crippen molar-refractivity contribution < 1.29 is 4.79 Å². The highest BCUT2D eigenvalue weighted by molar-refractivity contribution is 7.08. The van der Waals surface area contributed by atoms with Crippen LogP contribution in [0.2, 0.25) is 5.02 Å². The third-order valence-corrected chi connectivity index (χ3v) is 5.92. The Morgan fingerprint density at radius 3 is 3.04 bits per heavy atom. The molecule has 26 heavy (non-hydrogen) atoms. The predicted octanol–water partition coefficient (Wildman–Crippen LogP) is 4.38. The Labute approximate surface area is 161 Å². The molecule has 1 N–H and O–H groups in total. The van der Waals surface area contributed by atoms with Crippen LogP contribution >= 0.6 is 22.9 Å². The van der Waals surface area contributed by atoms with Gasteiger partial charge in [-0.05, 0) is 53.3 Å². The van der Waals surface area contributed by atoms with Crippen molar-refractivity contribution in [3.8, 4) is 0 Å². The van der Waals surface area contributed by atoms with Crippen LogP contribution in [0.4, 0.5) is 0 Å². The normalized spacial score (nSPS) is 16.3. The second-order valence-electron chi connectivity index (χ2n) is 6.62. The van der Waals surface area contributed by atoms with Gasteiger partial charge in [0.05, 0.1) is 25.2 Å². The minimum atomic E-state index is 0.0462. The Bertz CT molecular complexity index is 904. The summed E-state index contributed by atoms with van der Waals surface area (Å²) in [6.45, 7) is 0.657. The molecule has 0 radical (unpaired) electrons. The lowest BCUT2D eigenvalue weighted by atomic mass is 9.92. The number of nitrogens with one attached hydrogen (secondary N) is 1. The number of carbonyl (C=O) groups excluding carboxylic acids is 1. The first-order valence-electron chi connectivity index (χ1n) is 8.79. The average molecular weight is 386 g/mol. The number of aromatic nitrogens is 2. The molecule has 0 bridgehead atoms. The molecular formula is C20H20ClN3OS. The molecule has 0 saturated carbocycles. The lowest BCUT2D eigenvalue weighted by Crippen LogP contribution is -2.32. The van der Waals surface area contributed by atoms with Crippen LogP contribution in [0.15, 0.2) is 47.3 Å². The summed E-state index contributed by atoms with van der Waals surface area (Å²) in [7, 11) is 0. The molecule has 1 aromatic carbocycles. The Balaban J connectivity index is 1.49. The first kappa shape index (κ1) is 17.3. The minimum absolute atomic E-state index is 0.0462. The van der Waals surface area contributed by atoms with E-state index in [0.29, 0.717) is 13.0 Å². The summed E-state index contributed by atoms with van der Waals surface area (Å²) in [6.07, 6.45) is 5.32. The molecule has 0 spiro atoms. The molecule has 2 aromatic heterocycles. The highest BCUT2D eigenvalue weighted by Crippen LogP contribution is 2.30. The van der Waals surface area contributed by atoms with Gasteiger partial charge >= 0.3 is 0 Å². The molecule has 0 saturated heterocycles. The molecule has 1 aliphatic carbocycles. The van der Waals surface area contributed by atoms with E-state index in [9.17, 15) is 4.79 Å². The van der Waals surface area contributed by atoms with Crippen LogP contribution < -0.4 is 5.32 Å². The molecule has 2 heterocycles. The van der Waals surface area contributed by atoms with Gasteiger partial charge in [0.25, 0.3) is 0 Å². The van der Waals surface area contributed by atoms with Gasteiger partial charge < -0.3 is 5.32 Å². The minimum Gasteiger partial charge on any atom is -0.349 e. The summed E-state index contributed by atoms with van der Waals surface area (Å²) >= 11 is 7.91. The van der Waals surface area contributed by atoms with Crippen LogP contribution in [-0.2, 0) is 24.2 Å². The molecule has 1 unspecified atom stereocenters. The third-order valence-electron chi connectivity index (χ3n) is 4.82. The number of hydrogen-bond acceptors (Lipinski definition) is 3. The lowest BCUT2D eigenvalue weighted by molar-refractivity contribution is -0.121. The fraction of sp³-hybridized carbons (Fsp3) is 0.300. The first-order valence-corrected chi connectivity index (χ1v) is 10.1. The van der Waals surface area contributed by atoms with E-state index in [2.05, 4.69) is 10.4 Å². The highest BCUT2D eigenvalue weighted by atomic mass is 35.5. The third kappa shape index (κ3) is 3.69. The van der Waals surface area contributed by atoms with Gasteiger partial charge in [0.15, 0.2) is 0 Å². The molecule has 1 atom stereocenters. The molecule has 1 amide bonds. The monoisotopic (exact) mass is 385 g/mol. The van der Waals surface area contributed by atoms with Gasteiger partial charge in [-0.2, -0.15) is 16.4 Å². The van der Waals surface area contributed by atoms with E-state index in [1.54, 1.807) is 11.3 Å². The summed E-state index contributed by atoms with van der Waals surface area (Å²) < 4.78 is 2.02. The molecule has 3 aromatic rings. The number of rotatable bonds is 5. The van der Waals surface area contributed by atoms with E-state index in [4.69, 9.17) is 11.6 Å². The second-order valence-corrected chi connectivity index (χ2v) is 7.80. The smallest absolute Gasteiger partial charge is 0.224 e. The largest absolute Gasteiger partial charge is 0.349 e. The zero-order valence-electron chi connectivity index (χ0n) is 14.3. The summed E-state index contributed by atoms with van der Waals surface area (Å²) in [5.41, 5.74) is 4.47. The average Bonchev–Trinajstić information content (AvgIpc) is 3.28. The number of halogens is 1. The van der Waals surface area contributed by atoms with Crippen molar-refractivity contribution in [2.45, 2.75) is 38.3 Å². The van der Waals surface area contributed by atoms with Gasteiger partial charge in [-0.1, -0.05) is 29.8 Å². The molecular weight excluding hydrogens is 366 g/mol. The van der Waals surface area contributed by atoms with Crippen LogP contribution in [0.3, 0.4) is 0 Å². The van der Waals surface area contributed by atoms with E-state index in [1.807, 2.05) is 52.0 Å². The molecule has 4 nitrogen and oxygen atoms in total. The fourth-order valence-electron chi connectivity index (χ4n) is 3.52. The Hall–Kier alpha value is -2.11. The van der Waals surface area contributed by atoms with Gasteiger partial charge in [0, 0.05) is 16.3 Å². The number of hydrogen-bond donors (Lipinski definition) is 1. The zero-order valence-corrected chi connectivity index (χ0v) is 15.9. The number of thiophene rings is 1. The SMILES string of the molecule is O=C(Cc1ccsc1)NC1CCCc2c1cnn2Cc1ccccc1Cl. The summed E-state index contributed by atoms with van der Waals surface area (Å²) in [4.78, 5) is 12.4. The predicted molar refractivity (Wildman–Crippen MR) is 105 cm³/mol. The fourth-order valence-corrected chi connectivity index (χ4v) is 4.38. The van der Waals surface area contributed by atoms with Crippen molar-refractivity contribution in [1.82, 2.24) is 15.1 Å². The topological polar surface area (TPSA) is 46.9 Å². The molecule has 0 fully saturated rings. The summed E-state index contributed by atoms with van der Waals surface area (Å²) in [5, 5.41) is 12.5. The van der Waals surface area contributed by atoms with Crippen LogP contribution in [0.1, 0.15) is 41.3 Å². The number of nitrogens with zero attached hydrogens (tertiary/aromatic N) is 2. The molecule has 0 aliphatic heterocycles. The number of carbonyl (C=O) groups is 1. The zero-order chi connectivity index (χ0) is 17.9. The van der Waals surface area contributed by atoms with Crippen molar-refractivity contribution in [3.05, 3.63) is 74.7 Å². The van der Waals surface area contributed by atoms with Gasteiger partial charge in [0.1, 0.15) is 0 Å². The van der Waals surface area contributed by atoms with Crippen LogP contribution in [0, 0.1) is 0 Å². The Kier molecular flexibility index (Phi) is 5.09. The Morgan fingerprint density at radius 1 is 1.35 bits per heavy atom. The van der Waals surface area contributed by atoms with E-state index in [-0.39, 0.29) is 11.9 Å². The number of amides is 1. The summed E-state index contributed by atoms with van der Waals surface area (Å²) in [5.74, 6) is 0.0695. The van der Waals surface area contributed by atoms with E-state index < -0.39 is 0 Å². The van der Waals surface area contributed by atoms with Gasteiger partial charge in [-0.3, -0.25) is 9.48 Å². The standard InChI is InChI=1S/C20H20ClN3OS/c21-17-5-2-1-4-15(17)12-24-19-7-3-6-18(16(19)11-22-24)23-20(25)10-14-8-9-26-13-14/h1-2,4-5,8-9,11,13,18H,3,6-7,10,12H2,(H,23,25). The van der Waals surface area contributed by atoms with Crippen LogP contribution in [0.5, 0.6) is 0 Å². The van der Waals surface area contributed by atoms with Crippen molar-refractivity contribution in [3.63, 3.8) is 0 Å². The van der Waals surface area contributed by atoms with Crippen LogP contribution in [0.25, 0.3) is 0 Å². The van der Waals surface area contributed by atoms with E-state index in [1.165, 1.54) is 5.69 Å². The molecule has 6 heteroatoms. The number of fused-ring (bicyclic) bond motifs is 1. The van der Waals surface area contributed by atoms with Gasteiger partial charge in [-0.25, -0.2) is 0 Å². The summed E-state index contributed by atoms with van der Waals surface area (Å²) in [6, 6.07) is 9.90. The van der Waals surface area contributed by atoms with Gasteiger partial charge in [-0.15, -0.1) is 0 Å². The highest BCUT2D eigenvalue weighted by Gasteiger charge is 2.25. The van der Waals surface area contributed by atoms with Gasteiger partial charge in [0.2, 0.25) is 5.91 Å². The first-order chi connectivity index (χ1) is 12.7. The van der Waals surface area contributed by atoms with Crippen molar-refractivity contribution in [1.29, 1.82) is 0 Å². The van der Waals surface area contributed by atoms with Crippen LogP contribution in [-0.4, -0.2) is 15.7 Å². The van der Waals surface area contributed by atoms with E-state index in [0.717, 1.165) is 41.0 Å². The maximum atomic E-state index is 12.4. The van der Waals surface area contributed by atoms with Crippen molar-refractivity contribution in [2.75, 3.05) is 0 Å². The maximum Gasteiger partial charge on any atom is 0.224 e. The quantitative estimate of drug-likeness (QED) is 0.708. The van der Waals surface area contributed by atoms with Crippen molar-refractivity contribution >= 4 is 28.8 Å². The molecule has 134 valence electrons. The Morgan fingerprint density at radius 2 is 2.23 bits per heavy atom. The maximum absolute atomic E-state index is 12.4. The number of benzene rings is 1. The lowest BCUT2D eigenvalue weighted by Gasteiger charge is -2.24.